The number of thiazole rings is 1. The number of hydrogen-bond donors (Lipinski definition) is 1. The quantitative estimate of drug-likeness (QED) is 0.541. The molecular formula is C17H16N4O3S. The van der Waals surface area contributed by atoms with E-state index in [2.05, 4.69) is 10.3 Å². The van der Waals surface area contributed by atoms with Gasteiger partial charge < -0.3 is 5.32 Å². The molecule has 25 heavy (non-hydrogen) atoms. The van der Waals surface area contributed by atoms with Crippen molar-refractivity contribution in [3.8, 4) is 0 Å². The minimum absolute atomic E-state index is 0.113. The first-order valence-electron chi connectivity index (χ1n) is 7.59. The van der Waals surface area contributed by atoms with Gasteiger partial charge >= 0.3 is 0 Å². The van der Waals surface area contributed by atoms with Crippen molar-refractivity contribution in [1.82, 2.24) is 9.88 Å². The number of carbonyl (C=O) groups excluding carboxylic acids is 1. The number of anilines is 1. The van der Waals surface area contributed by atoms with E-state index < -0.39 is 4.92 Å². The number of nitrogens with zero attached hydrogens (tertiary/aromatic N) is 3. The van der Waals surface area contributed by atoms with Crippen molar-refractivity contribution in [2.24, 2.45) is 0 Å². The number of benzene rings is 2. The lowest BCUT2D eigenvalue weighted by atomic mass is 10.2. The third-order valence-corrected chi connectivity index (χ3v) is 4.55. The second kappa shape index (κ2) is 7.37. The first-order chi connectivity index (χ1) is 12.0. The summed E-state index contributed by atoms with van der Waals surface area (Å²) in [5, 5.41) is 14.5. The summed E-state index contributed by atoms with van der Waals surface area (Å²) in [6.45, 7) is 0.644. The van der Waals surface area contributed by atoms with E-state index in [4.69, 9.17) is 0 Å². The fraction of sp³-hybridized carbons (Fsp3) is 0.176. The summed E-state index contributed by atoms with van der Waals surface area (Å²) in [7, 11) is 1.81. The molecule has 1 aromatic heterocycles. The molecule has 0 saturated carbocycles. The van der Waals surface area contributed by atoms with Crippen LogP contribution in [0.1, 0.15) is 5.01 Å². The Bertz CT molecular complexity index is 892. The highest BCUT2D eigenvalue weighted by molar-refractivity contribution is 7.18. The third kappa shape index (κ3) is 4.17. The Morgan fingerprint density at radius 3 is 2.72 bits per heavy atom. The lowest BCUT2D eigenvalue weighted by Gasteiger charge is -2.14. The van der Waals surface area contributed by atoms with Crippen LogP contribution < -0.4 is 5.32 Å². The molecule has 0 unspecified atom stereocenters. The molecule has 3 aromatic rings. The molecule has 0 spiro atoms. The van der Waals surface area contributed by atoms with Crippen LogP contribution in [0.2, 0.25) is 0 Å². The zero-order chi connectivity index (χ0) is 17.8. The summed E-state index contributed by atoms with van der Waals surface area (Å²) in [4.78, 5) is 29.0. The van der Waals surface area contributed by atoms with Crippen LogP contribution in [0.25, 0.3) is 10.2 Å². The molecule has 0 bridgehead atoms. The molecule has 0 saturated heterocycles. The number of carbonyl (C=O) groups is 1. The van der Waals surface area contributed by atoms with Crippen molar-refractivity contribution < 1.29 is 9.72 Å². The summed E-state index contributed by atoms with van der Waals surface area (Å²) in [6, 6.07) is 14.0. The molecule has 0 aliphatic rings. The summed E-state index contributed by atoms with van der Waals surface area (Å²) in [5.74, 6) is -0.307. The summed E-state index contributed by atoms with van der Waals surface area (Å²) >= 11 is 1.59. The monoisotopic (exact) mass is 356 g/mol. The molecule has 0 fully saturated rings. The number of fused-ring (bicyclic) bond motifs is 1. The van der Waals surface area contributed by atoms with Crippen LogP contribution in [-0.4, -0.2) is 34.3 Å². The fourth-order valence-corrected chi connectivity index (χ4v) is 3.50. The van der Waals surface area contributed by atoms with Crippen LogP contribution in [0.5, 0.6) is 0 Å². The Kier molecular flexibility index (Phi) is 5.01. The van der Waals surface area contributed by atoms with Crippen molar-refractivity contribution in [1.29, 1.82) is 0 Å². The summed E-state index contributed by atoms with van der Waals surface area (Å²) < 4.78 is 1.11. The first kappa shape index (κ1) is 17.0. The smallest absolute Gasteiger partial charge is 0.292 e. The predicted octanol–water partition coefficient (Wildman–Crippen LogP) is 3.28. The first-order valence-corrected chi connectivity index (χ1v) is 8.41. The Morgan fingerprint density at radius 1 is 1.24 bits per heavy atom. The molecule has 7 nitrogen and oxygen atoms in total. The number of nitro benzene ring substituents is 1. The highest BCUT2D eigenvalue weighted by atomic mass is 32.1. The van der Waals surface area contributed by atoms with Gasteiger partial charge in [0.15, 0.2) is 0 Å². The van der Waals surface area contributed by atoms with Gasteiger partial charge in [0.1, 0.15) is 10.7 Å². The van der Waals surface area contributed by atoms with E-state index in [-0.39, 0.29) is 23.8 Å². The van der Waals surface area contributed by atoms with Crippen LogP contribution in [0, 0.1) is 10.1 Å². The van der Waals surface area contributed by atoms with E-state index >= 15 is 0 Å². The van der Waals surface area contributed by atoms with E-state index in [1.54, 1.807) is 23.5 Å². The van der Waals surface area contributed by atoms with Gasteiger partial charge in [0, 0.05) is 6.07 Å². The minimum Gasteiger partial charge on any atom is -0.319 e. The predicted molar refractivity (Wildman–Crippen MR) is 97.7 cm³/mol. The summed E-state index contributed by atoms with van der Waals surface area (Å²) in [5.41, 5.74) is 1.02. The van der Waals surface area contributed by atoms with Gasteiger partial charge in [-0.15, -0.1) is 11.3 Å². The van der Waals surface area contributed by atoms with Gasteiger partial charge in [-0.1, -0.05) is 24.3 Å². The number of rotatable bonds is 6. The van der Waals surface area contributed by atoms with Crippen molar-refractivity contribution in [3.05, 3.63) is 63.7 Å². The molecule has 1 heterocycles. The lowest BCUT2D eigenvalue weighted by molar-refractivity contribution is -0.383. The van der Waals surface area contributed by atoms with Gasteiger partial charge in [-0.2, -0.15) is 0 Å². The zero-order valence-corrected chi connectivity index (χ0v) is 14.3. The standard InChI is InChI=1S/C17H16N4O3S/c1-20(11-17-19-13-7-3-5-9-15(13)25-17)10-16(22)18-12-6-2-4-8-14(12)21(23)24/h2-9H,10-11H2,1H3,(H,18,22). The van der Waals surface area contributed by atoms with E-state index in [9.17, 15) is 14.9 Å². The number of aromatic nitrogens is 1. The molecule has 0 radical (unpaired) electrons. The topological polar surface area (TPSA) is 88.4 Å². The maximum Gasteiger partial charge on any atom is 0.292 e. The van der Waals surface area contributed by atoms with Gasteiger partial charge in [0.05, 0.1) is 28.2 Å². The number of nitrogens with one attached hydrogen (secondary N) is 1. The molecule has 1 amide bonds. The highest BCUT2D eigenvalue weighted by Gasteiger charge is 2.16. The molecule has 128 valence electrons. The van der Waals surface area contributed by atoms with Crippen molar-refractivity contribution in [2.45, 2.75) is 6.54 Å². The van der Waals surface area contributed by atoms with Crippen molar-refractivity contribution in [3.63, 3.8) is 0 Å². The molecule has 3 rings (SSSR count). The van der Waals surface area contributed by atoms with Crippen LogP contribution >= 0.6 is 11.3 Å². The summed E-state index contributed by atoms with van der Waals surface area (Å²) in [6.07, 6.45) is 0. The van der Waals surface area contributed by atoms with E-state index in [0.29, 0.717) is 6.54 Å². The van der Waals surface area contributed by atoms with Gasteiger partial charge in [0.25, 0.3) is 5.69 Å². The van der Waals surface area contributed by atoms with Crippen LogP contribution in [-0.2, 0) is 11.3 Å². The molecule has 2 aromatic carbocycles. The van der Waals surface area contributed by atoms with Gasteiger partial charge in [-0.05, 0) is 25.2 Å². The van der Waals surface area contributed by atoms with Crippen LogP contribution in [0.4, 0.5) is 11.4 Å². The molecular weight excluding hydrogens is 340 g/mol. The molecule has 0 aliphatic heterocycles. The number of nitro groups is 1. The minimum atomic E-state index is -0.513. The van der Waals surface area contributed by atoms with Crippen molar-refractivity contribution >= 4 is 38.8 Å². The van der Waals surface area contributed by atoms with Gasteiger partial charge in [-0.3, -0.25) is 19.8 Å². The largest absolute Gasteiger partial charge is 0.319 e. The number of para-hydroxylation sites is 3. The average Bonchev–Trinajstić information content (AvgIpc) is 2.96. The highest BCUT2D eigenvalue weighted by Crippen LogP contribution is 2.24. The lowest BCUT2D eigenvalue weighted by Crippen LogP contribution is -2.30. The van der Waals surface area contributed by atoms with Gasteiger partial charge in [0.2, 0.25) is 5.91 Å². The Hall–Kier alpha value is -2.84. The molecule has 8 heteroatoms. The normalized spacial score (nSPS) is 11.0. The van der Waals surface area contributed by atoms with E-state index in [1.807, 2.05) is 36.2 Å². The second-order valence-electron chi connectivity index (χ2n) is 5.57. The van der Waals surface area contributed by atoms with Gasteiger partial charge in [-0.25, -0.2) is 4.98 Å². The van der Waals surface area contributed by atoms with E-state index in [0.717, 1.165) is 15.2 Å². The Labute approximate surface area is 148 Å². The third-order valence-electron chi connectivity index (χ3n) is 3.53. The zero-order valence-electron chi connectivity index (χ0n) is 13.5. The van der Waals surface area contributed by atoms with Crippen molar-refractivity contribution in [2.75, 3.05) is 18.9 Å². The molecule has 0 atom stereocenters. The molecule has 1 N–H and O–H groups in total. The number of amides is 1. The van der Waals surface area contributed by atoms with Crippen LogP contribution in [0.15, 0.2) is 48.5 Å². The maximum atomic E-state index is 12.2. The van der Waals surface area contributed by atoms with Crippen LogP contribution in [0.3, 0.4) is 0 Å². The number of hydrogen-bond acceptors (Lipinski definition) is 6. The molecule has 0 aliphatic carbocycles. The fourth-order valence-electron chi connectivity index (χ4n) is 2.45. The second-order valence-corrected chi connectivity index (χ2v) is 6.69. The SMILES string of the molecule is CN(CC(=O)Nc1ccccc1[N+](=O)[O-])Cc1nc2ccccc2s1. The Balaban J connectivity index is 1.62. The Morgan fingerprint density at radius 2 is 1.96 bits per heavy atom. The average molecular weight is 356 g/mol. The maximum absolute atomic E-state index is 12.2. The number of likely N-dealkylation sites (N-methyl/N-ethyl adjacent to an activating group) is 1. The van der Waals surface area contributed by atoms with E-state index in [1.165, 1.54) is 12.1 Å².